The van der Waals surface area contributed by atoms with Crippen LogP contribution in [0.15, 0.2) is 15.9 Å². The van der Waals surface area contributed by atoms with Crippen LogP contribution in [-0.4, -0.2) is 10.7 Å². The van der Waals surface area contributed by atoms with E-state index in [1.165, 1.54) is 11.8 Å². The third-order valence-electron chi connectivity index (χ3n) is 1.04. The number of hydrogen-bond acceptors (Lipinski definition) is 4. The second-order valence-electron chi connectivity index (χ2n) is 2.01. The number of hydrogen-bond donors (Lipinski definition) is 0. The number of oxazole rings is 1. The van der Waals surface area contributed by atoms with E-state index in [1.807, 2.05) is 6.92 Å². The number of aryl methyl sites for hydroxylation is 1. The number of nitrogens with zero attached hydrogens (tertiary/aromatic N) is 2. The van der Waals surface area contributed by atoms with Gasteiger partial charge >= 0.3 is 0 Å². The summed E-state index contributed by atoms with van der Waals surface area (Å²) in [4.78, 5) is 4.07. The first-order valence-corrected chi connectivity index (χ1v) is 4.23. The molecule has 58 valence electrons. The topological polar surface area (TPSA) is 49.8 Å². The molecule has 0 saturated carbocycles. The second kappa shape index (κ2) is 4.04. The molecular weight excluding hydrogens is 160 g/mol. The lowest BCUT2D eigenvalue weighted by Gasteiger charge is -1.87. The summed E-state index contributed by atoms with van der Waals surface area (Å²) in [5, 5.41) is 8.89. The van der Waals surface area contributed by atoms with Crippen LogP contribution in [0.25, 0.3) is 0 Å². The highest BCUT2D eigenvalue weighted by molar-refractivity contribution is 7.99. The maximum absolute atomic E-state index is 8.24. The molecule has 3 nitrogen and oxygen atoms in total. The standard InChI is InChI=1S/C7H8N2OS/c1-6-5-10-7(9-6)11-4-2-3-8/h5H,2,4H2,1H3. The fourth-order valence-electron chi connectivity index (χ4n) is 0.583. The Kier molecular flexibility index (Phi) is 2.99. The van der Waals surface area contributed by atoms with Gasteiger partial charge in [0.15, 0.2) is 0 Å². The van der Waals surface area contributed by atoms with Gasteiger partial charge in [-0.1, -0.05) is 11.8 Å². The zero-order valence-electron chi connectivity index (χ0n) is 6.20. The quantitative estimate of drug-likeness (QED) is 0.511. The summed E-state index contributed by atoms with van der Waals surface area (Å²) in [6.45, 7) is 1.87. The monoisotopic (exact) mass is 168 g/mol. The van der Waals surface area contributed by atoms with Gasteiger partial charge in [0, 0.05) is 12.2 Å². The highest BCUT2D eigenvalue weighted by Gasteiger charge is 1.99. The minimum Gasteiger partial charge on any atom is -0.440 e. The van der Waals surface area contributed by atoms with Gasteiger partial charge in [0.25, 0.3) is 5.22 Å². The fourth-order valence-corrected chi connectivity index (χ4v) is 1.28. The Hall–Kier alpha value is -0.950. The molecular formula is C7H8N2OS. The Bertz CT molecular complexity index is 264. The molecule has 0 aliphatic rings. The van der Waals surface area contributed by atoms with E-state index in [2.05, 4.69) is 11.1 Å². The van der Waals surface area contributed by atoms with Crippen LogP contribution in [0.5, 0.6) is 0 Å². The average Bonchev–Trinajstić information content (AvgIpc) is 2.37. The molecule has 11 heavy (non-hydrogen) atoms. The van der Waals surface area contributed by atoms with E-state index in [1.54, 1.807) is 6.26 Å². The molecule has 0 saturated heterocycles. The minimum absolute atomic E-state index is 0.534. The smallest absolute Gasteiger partial charge is 0.255 e. The molecule has 0 amide bonds. The Morgan fingerprint density at radius 2 is 2.64 bits per heavy atom. The van der Waals surface area contributed by atoms with Gasteiger partial charge in [-0.2, -0.15) is 5.26 Å². The summed E-state index contributed by atoms with van der Waals surface area (Å²) in [7, 11) is 0. The molecule has 0 N–H and O–H groups in total. The van der Waals surface area contributed by atoms with Crippen molar-refractivity contribution < 1.29 is 4.42 Å². The van der Waals surface area contributed by atoms with Crippen LogP contribution in [0.2, 0.25) is 0 Å². The van der Waals surface area contributed by atoms with Gasteiger partial charge in [-0.3, -0.25) is 0 Å². The van der Waals surface area contributed by atoms with Crippen molar-refractivity contribution in [3.8, 4) is 6.07 Å². The summed E-state index contributed by atoms with van der Waals surface area (Å²) < 4.78 is 5.05. The average molecular weight is 168 g/mol. The lowest BCUT2D eigenvalue weighted by molar-refractivity contribution is 0.454. The number of nitriles is 1. The van der Waals surface area contributed by atoms with Crippen LogP contribution in [0, 0.1) is 18.3 Å². The van der Waals surface area contributed by atoms with Crippen molar-refractivity contribution in [3.63, 3.8) is 0 Å². The van der Waals surface area contributed by atoms with Crippen molar-refractivity contribution in [2.24, 2.45) is 0 Å². The molecule has 0 atom stereocenters. The first-order valence-electron chi connectivity index (χ1n) is 3.25. The third-order valence-corrected chi connectivity index (χ3v) is 1.88. The van der Waals surface area contributed by atoms with Gasteiger partial charge in [-0.05, 0) is 6.92 Å². The number of rotatable bonds is 3. The molecule has 1 heterocycles. The zero-order chi connectivity index (χ0) is 8.10. The normalized spacial score (nSPS) is 9.45. The predicted octanol–water partition coefficient (Wildman–Crippen LogP) is 1.99. The lowest BCUT2D eigenvalue weighted by Crippen LogP contribution is -1.76. The molecule has 0 unspecified atom stereocenters. The zero-order valence-corrected chi connectivity index (χ0v) is 7.02. The maximum atomic E-state index is 8.24. The van der Waals surface area contributed by atoms with Crippen molar-refractivity contribution in [1.29, 1.82) is 5.26 Å². The third kappa shape index (κ3) is 2.64. The van der Waals surface area contributed by atoms with Crippen LogP contribution in [0.3, 0.4) is 0 Å². The van der Waals surface area contributed by atoms with E-state index in [9.17, 15) is 0 Å². The van der Waals surface area contributed by atoms with Gasteiger partial charge in [-0.25, -0.2) is 4.98 Å². The molecule has 0 radical (unpaired) electrons. The van der Waals surface area contributed by atoms with E-state index in [4.69, 9.17) is 9.68 Å². The molecule has 0 aliphatic carbocycles. The van der Waals surface area contributed by atoms with Gasteiger partial charge < -0.3 is 4.42 Å². The van der Waals surface area contributed by atoms with Crippen molar-refractivity contribution in [3.05, 3.63) is 12.0 Å². The Morgan fingerprint density at radius 1 is 1.82 bits per heavy atom. The van der Waals surface area contributed by atoms with Crippen molar-refractivity contribution in [2.75, 3.05) is 5.75 Å². The fraction of sp³-hybridized carbons (Fsp3) is 0.429. The van der Waals surface area contributed by atoms with E-state index in [-0.39, 0.29) is 0 Å². The van der Waals surface area contributed by atoms with Crippen LogP contribution in [0.1, 0.15) is 12.1 Å². The van der Waals surface area contributed by atoms with Crippen LogP contribution >= 0.6 is 11.8 Å². The van der Waals surface area contributed by atoms with Crippen molar-refractivity contribution >= 4 is 11.8 Å². The molecule has 0 aliphatic heterocycles. The van der Waals surface area contributed by atoms with Crippen molar-refractivity contribution in [1.82, 2.24) is 4.98 Å². The largest absolute Gasteiger partial charge is 0.440 e. The second-order valence-corrected chi connectivity index (χ2v) is 3.06. The number of thioether (sulfide) groups is 1. The molecule has 4 heteroatoms. The van der Waals surface area contributed by atoms with Crippen LogP contribution in [-0.2, 0) is 0 Å². The molecule has 1 aromatic rings. The van der Waals surface area contributed by atoms with E-state index < -0.39 is 0 Å². The molecule has 0 bridgehead atoms. The highest BCUT2D eigenvalue weighted by atomic mass is 32.2. The van der Waals surface area contributed by atoms with Gasteiger partial charge in [0.1, 0.15) is 6.26 Å². The van der Waals surface area contributed by atoms with Crippen LogP contribution in [0.4, 0.5) is 0 Å². The predicted molar refractivity (Wildman–Crippen MR) is 42.2 cm³/mol. The number of aromatic nitrogens is 1. The van der Waals surface area contributed by atoms with E-state index >= 15 is 0 Å². The molecule has 0 aromatic carbocycles. The van der Waals surface area contributed by atoms with Gasteiger partial charge in [-0.15, -0.1) is 0 Å². The summed E-state index contributed by atoms with van der Waals surface area (Å²) in [5.41, 5.74) is 0.879. The first-order chi connectivity index (χ1) is 5.33. The van der Waals surface area contributed by atoms with Gasteiger partial charge in [0.2, 0.25) is 0 Å². The van der Waals surface area contributed by atoms with E-state index in [0.29, 0.717) is 11.6 Å². The SMILES string of the molecule is Cc1coc(SCCC#N)n1. The minimum atomic E-state index is 0.534. The summed E-state index contributed by atoms with van der Waals surface area (Å²) in [6.07, 6.45) is 2.14. The molecule has 0 fully saturated rings. The van der Waals surface area contributed by atoms with Gasteiger partial charge in [0.05, 0.1) is 11.8 Å². The first kappa shape index (κ1) is 8.15. The maximum Gasteiger partial charge on any atom is 0.255 e. The summed E-state index contributed by atoms with van der Waals surface area (Å²) >= 11 is 1.47. The Balaban J connectivity index is 2.34. The molecule has 1 rings (SSSR count). The Labute approximate surface area is 69.4 Å². The van der Waals surface area contributed by atoms with Crippen LogP contribution < -0.4 is 0 Å². The highest BCUT2D eigenvalue weighted by Crippen LogP contribution is 2.16. The van der Waals surface area contributed by atoms with E-state index in [0.717, 1.165) is 11.4 Å². The summed E-state index contributed by atoms with van der Waals surface area (Å²) in [6, 6.07) is 2.05. The summed E-state index contributed by atoms with van der Waals surface area (Å²) in [5.74, 6) is 0.746. The molecule has 1 aromatic heterocycles. The van der Waals surface area contributed by atoms with Crippen molar-refractivity contribution in [2.45, 2.75) is 18.6 Å². The Morgan fingerprint density at radius 3 is 3.18 bits per heavy atom. The lowest BCUT2D eigenvalue weighted by atomic mass is 10.6. The molecule has 0 spiro atoms.